The van der Waals surface area contributed by atoms with E-state index in [2.05, 4.69) is 15.0 Å². The molecule has 0 radical (unpaired) electrons. The van der Waals surface area contributed by atoms with Crippen LogP contribution in [-0.4, -0.2) is 35.9 Å². The SMILES string of the molecule is CCN(C)S(=O)(=O)Nc1ccc(F)c(Nc2ccc3ncn(C)c(=O)c3c2F)c1C#N. The molecule has 31 heavy (non-hydrogen) atoms. The van der Waals surface area contributed by atoms with Crippen LogP contribution in [0.25, 0.3) is 10.9 Å². The minimum atomic E-state index is -3.99. The summed E-state index contributed by atoms with van der Waals surface area (Å²) in [4.78, 5) is 16.3. The Morgan fingerprint density at radius 1 is 1.23 bits per heavy atom. The van der Waals surface area contributed by atoms with Crippen molar-refractivity contribution in [1.82, 2.24) is 13.9 Å². The highest BCUT2D eigenvalue weighted by atomic mass is 32.2. The first kappa shape index (κ1) is 22.1. The maximum atomic E-state index is 15.0. The number of benzene rings is 2. The van der Waals surface area contributed by atoms with E-state index in [0.717, 1.165) is 21.0 Å². The Hall–Kier alpha value is -3.56. The summed E-state index contributed by atoms with van der Waals surface area (Å²) in [5.41, 5.74) is -1.83. The molecule has 0 saturated heterocycles. The molecule has 2 N–H and O–H groups in total. The number of nitrogens with one attached hydrogen (secondary N) is 2. The van der Waals surface area contributed by atoms with E-state index in [1.54, 1.807) is 13.0 Å². The Morgan fingerprint density at radius 2 is 1.90 bits per heavy atom. The Bertz CT molecular complexity index is 1380. The second-order valence-corrected chi connectivity index (χ2v) is 8.36. The van der Waals surface area contributed by atoms with Crippen LogP contribution in [0.4, 0.5) is 25.8 Å². The van der Waals surface area contributed by atoms with Crippen molar-refractivity contribution in [3.05, 3.63) is 58.1 Å². The van der Waals surface area contributed by atoms with Gasteiger partial charge in [0.1, 0.15) is 22.8 Å². The summed E-state index contributed by atoms with van der Waals surface area (Å²) in [5, 5.41) is 11.7. The first-order chi connectivity index (χ1) is 14.6. The third-order valence-electron chi connectivity index (χ3n) is 4.64. The number of nitrogens with zero attached hydrogens (tertiary/aromatic N) is 4. The molecule has 0 amide bonds. The standard InChI is InChI=1S/C19H18F2N6O3S/c1-4-27(3)31(29,30)25-13-6-5-12(20)18(11(13)9-22)24-15-8-7-14-16(17(15)21)19(28)26(2)10-23-14/h5-8,10,24-25H,4H2,1-3H3. The van der Waals surface area contributed by atoms with Gasteiger partial charge in [0.05, 0.1) is 28.9 Å². The molecule has 0 aliphatic heterocycles. The Kier molecular flexibility index (Phi) is 5.92. The fourth-order valence-electron chi connectivity index (χ4n) is 2.77. The normalized spacial score (nSPS) is 11.5. The molecule has 3 aromatic rings. The Labute approximate surface area is 176 Å². The number of aryl methyl sites for hydroxylation is 1. The van der Waals surface area contributed by atoms with Crippen molar-refractivity contribution in [2.24, 2.45) is 7.05 Å². The van der Waals surface area contributed by atoms with Gasteiger partial charge in [-0.25, -0.2) is 13.8 Å². The molecule has 0 fully saturated rings. The van der Waals surface area contributed by atoms with Crippen LogP contribution in [0.5, 0.6) is 0 Å². The largest absolute Gasteiger partial charge is 0.350 e. The molecule has 1 heterocycles. The van der Waals surface area contributed by atoms with Gasteiger partial charge in [-0.1, -0.05) is 6.92 Å². The second kappa shape index (κ2) is 8.29. The van der Waals surface area contributed by atoms with E-state index in [1.165, 1.54) is 32.6 Å². The van der Waals surface area contributed by atoms with Crippen LogP contribution in [0.1, 0.15) is 12.5 Å². The molecular formula is C19H18F2N6O3S. The molecule has 0 spiro atoms. The summed E-state index contributed by atoms with van der Waals surface area (Å²) in [6.07, 6.45) is 1.24. The lowest BCUT2D eigenvalue weighted by atomic mass is 10.1. The second-order valence-electron chi connectivity index (χ2n) is 6.58. The van der Waals surface area contributed by atoms with Crippen LogP contribution in [0, 0.1) is 23.0 Å². The highest BCUT2D eigenvalue weighted by Crippen LogP contribution is 2.32. The summed E-state index contributed by atoms with van der Waals surface area (Å²) >= 11 is 0. The molecule has 9 nitrogen and oxygen atoms in total. The van der Waals surface area contributed by atoms with Crippen molar-refractivity contribution >= 4 is 38.2 Å². The van der Waals surface area contributed by atoms with E-state index < -0.39 is 33.1 Å². The highest BCUT2D eigenvalue weighted by Gasteiger charge is 2.22. The minimum absolute atomic E-state index is 0.108. The van der Waals surface area contributed by atoms with Crippen molar-refractivity contribution < 1.29 is 17.2 Å². The quantitative estimate of drug-likeness (QED) is 0.598. The summed E-state index contributed by atoms with van der Waals surface area (Å²) < 4.78 is 58.5. The summed E-state index contributed by atoms with van der Waals surface area (Å²) in [6.45, 7) is 1.78. The van der Waals surface area contributed by atoms with Crippen LogP contribution in [-0.2, 0) is 17.3 Å². The fraction of sp³-hybridized carbons (Fsp3) is 0.211. The number of hydrogen-bond acceptors (Lipinski definition) is 6. The van der Waals surface area contributed by atoms with E-state index in [9.17, 15) is 22.9 Å². The summed E-state index contributed by atoms with van der Waals surface area (Å²) in [6, 6.07) is 6.38. The van der Waals surface area contributed by atoms with Crippen molar-refractivity contribution in [1.29, 1.82) is 5.26 Å². The Morgan fingerprint density at radius 3 is 2.55 bits per heavy atom. The number of hydrogen-bond donors (Lipinski definition) is 2. The molecule has 3 rings (SSSR count). The molecule has 162 valence electrons. The van der Waals surface area contributed by atoms with Crippen LogP contribution < -0.4 is 15.6 Å². The molecule has 0 bridgehead atoms. The predicted molar refractivity (Wildman–Crippen MR) is 112 cm³/mol. The van der Waals surface area contributed by atoms with Gasteiger partial charge >= 0.3 is 10.2 Å². The molecule has 12 heteroatoms. The monoisotopic (exact) mass is 448 g/mol. The third-order valence-corrected chi connectivity index (χ3v) is 6.20. The van der Waals surface area contributed by atoms with Gasteiger partial charge < -0.3 is 9.88 Å². The van der Waals surface area contributed by atoms with Crippen molar-refractivity contribution in [3.63, 3.8) is 0 Å². The maximum Gasteiger partial charge on any atom is 0.301 e. The van der Waals surface area contributed by atoms with Gasteiger partial charge in [0, 0.05) is 20.6 Å². The van der Waals surface area contributed by atoms with Gasteiger partial charge in [0.15, 0.2) is 5.82 Å². The third kappa shape index (κ3) is 4.05. The molecule has 0 aliphatic rings. The van der Waals surface area contributed by atoms with Gasteiger partial charge in [-0.2, -0.15) is 18.0 Å². The van der Waals surface area contributed by atoms with Gasteiger partial charge in [-0.3, -0.25) is 9.52 Å². The number of nitriles is 1. The van der Waals surface area contributed by atoms with E-state index in [1.807, 2.05) is 0 Å². The zero-order valence-corrected chi connectivity index (χ0v) is 17.6. The van der Waals surface area contributed by atoms with E-state index >= 15 is 4.39 Å². The first-order valence-electron chi connectivity index (χ1n) is 8.98. The molecule has 0 aliphatic carbocycles. The average Bonchev–Trinajstić information content (AvgIpc) is 2.73. The average molecular weight is 448 g/mol. The van der Waals surface area contributed by atoms with Crippen molar-refractivity contribution in [2.45, 2.75) is 6.92 Å². The number of anilines is 3. The van der Waals surface area contributed by atoms with Crippen LogP contribution >= 0.6 is 0 Å². The topological polar surface area (TPSA) is 120 Å². The predicted octanol–water partition coefficient (Wildman–Crippen LogP) is 2.44. The first-order valence-corrected chi connectivity index (χ1v) is 10.4. The number of rotatable bonds is 6. The van der Waals surface area contributed by atoms with Crippen LogP contribution in [0.2, 0.25) is 0 Å². The van der Waals surface area contributed by atoms with E-state index in [-0.39, 0.29) is 34.4 Å². The lowest BCUT2D eigenvalue weighted by molar-refractivity contribution is 0.491. The van der Waals surface area contributed by atoms with Crippen LogP contribution in [0.3, 0.4) is 0 Å². The molecular weight excluding hydrogens is 430 g/mol. The summed E-state index contributed by atoms with van der Waals surface area (Å²) in [5.74, 6) is -1.90. The lowest BCUT2D eigenvalue weighted by Gasteiger charge is -2.19. The summed E-state index contributed by atoms with van der Waals surface area (Å²) in [7, 11) is -1.25. The zero-order chi connectivity index (χ0) is 22.9. The van der Waals surface area contributed by atoms with Gasteiger partial charge in [0.2, 0.25) is 0 Å². The number of fused-ring (bicyclic) bond motifs is 1. The maximum absolute atomic E-state index is 15.0. The van der Waals surface area contributed by atoms with Crippen molar-refractivity contribution in [2.75, 3.05) is 23.6 Å². The number of aromatic nitrogens is 2. The van der Waals surface area contributed by atoms with Crippen LogP contribution in [0.15, 0.2) is 35.4 Å². The van der Waals surface area contributed by atoms with Gasteiger partial charge in [-0.15, -0.1) is 0 Å². The molecule has 0 atom stereocenters. The molecule has 0 unspecified atom stereocenters. The minimum Gasteiger partial charge on any atom is -0.350 e. The number of halogens is 2. The molecule has 0 saturated carbocycles. The van der Waals surface area contributed by atoms with Gasteiger partial charge in [-0.05, 0) is 24.3 Å². The highest BCUT2D eigenvalue weighted by molar-refractivity contribution is 7.90. The van der Waals surface area contributed by atoms with E-state index in [0.29, 0.717) is 0 Å². The molecule has 1 aromatic heterocycles. The molecule has 2 aromatic carbocycles. The smallest absolute Gasteiger partial charge is 0.301 e. The van der Waals surface area contributed by atoms with E-state index in [4.69, 9.17) is 0 Å². The fourth-order valence-corrected chi connectivity index (χ4v) is 3.72. The van der Waals surface area contributed by atoms with Gasteiger partial charge in [0.25, 0.3) is 5.56 Å². The van der Waals surface area contributed by atoms with Crippen molar-refractivity contribution in [3.8, 4) is 6.07 Å². The lowest BCUT2D eigenvalue weighted by Crippen LogP contribution is -2.32. The Balaban J connectivity index is 2.13. The zero-order valence-electron chi connectivity index (χ0n) is 16.8.